The number of nitrogens with one attached hydrogen (secondary N) is 1. The minimum atomic E-state index is 0.136. The van der Waals surface area contributed by atoms with E-state index < -0.39 is 0 Å². The molecule has 1 aliphatic rings. The Morgan fingerprint density at radius 2 is 2.28 bits per heavy atom. The van der Waals surface area contributed by atoms with E-state index in [1.807, 2.05) is 23.9 Å². The van der Waals surface area contributed by atoms with Crippen molar-refractivity contribution in [3.05, 3.63) is 33.8 Å². The van der Waals surface area contributed by atoms with Crippen LogP contribution in [0.2, 0.25) is 10.0 Å². The van der Waals surface area contributed by atoms with Gasteiger partial charge in [-0.1, -0.05) is 48.0 Å². The van der Waals surface area contributed by atoms with Crippen molar-refractivity contribution in [3.63, 3.8) is 0 Å². The molecule has 0 fully saturated rings. The molecule has 0 saturated carbocycles. The van der Waals surface area contributed by atoms with Gasteiger partial charge in [-0.05, 0) is 31.0 Å². The molecule has 1 aliphatic heterocycles. The number of hydrogen-bond donors (Lipinski definition) is 1. The largest absolute Gasteiger partial charge is 0.358 e. The molecule has 1 N–H and O–H groups in total. The Balaban J connectivity index is 2.02. The lowest BCUT2D eigenvalue weighted by molar-refractivity contribution is 0.722. The van der Waals surface area contributed by atoms with Crippen LogP contribution in [0.3, 0.4) is 0 Å². The van der Waals surface area contributed by atoms with Crippen molar-refractivity contribution in [1.82, 2.24) is 5.32 Å². The standard InChI is InChI=1S/C13H16Cl2N2S/c1-3-10-7-16-13(18-10)17-8(2)11-5-4-9(14)6-12(11)15/h4-6,8,10H,3,7H2,1-2H3,(H,16,17). The first-order valence-corrected chi connectivity index (χ1v) is 7.66. The second kappa shape index (κ2) is 6.18. The van der Waals surface area contributed by atoms with Gasteiger partial charge in [0.1, 0.15) is 0 Å². The highest BCUT2D eigenvalue weighted by molar-refractivity contribution is 8.14. The molecule has 0 spiro atoms. The summed E-state index contributed by atoms with van der Waals surface area (Å²) in [6.45, 7) is 5.18. The lowest BCUT2D eigenvalue weighted by Crippen LogP contribution is -2.23. The summed E-state index contributed by atoms with van der Waals surface area (Å²) in [5.74, 6) is 0. The molecule has 1 aromatic carbocycles. The van der Waals surface area contributed by atoms with Gasteiger partial charge in [-0.15, -0.1) is 0 Å². The van der Waals surface area contributed by atoms with E-state index in [0.717, 1.165) is 23.7 Å². The number of amidine groups is 1. The van der Waals surface area contributed by atoms with Crippen molar-refractivity contribution in [1.29, 1.82) is 0 Å². The van der Waals surface area contributed by atoms with E-state index in [-0.39, 0.29) is 6.04 Å². The van der Waals surface area contributed by atoms with Gasteiger partial charge >= 0.3 is 0 Å². The smallest absolute Gasteiger partial charge is 0.157 e. The highest BCUT2D eigenvalue weighted by Gasteiger charge is 2.20. The molecule has 1 aromatic rings. The van der Waals surface area contributed by atoms with Gasteiger partial charge in [-0.2, -0.15) is 0 Å². The third kappa shape index (κ3) is 3.34. The second-order valence-corrected chi connectivity index (χ2v) is 6.46. The maximum absolute atomic E-state index is 6.19. The molecule has 2 atom stereocenters. The molecule has 18 heavy (non-hydrogen) atoms. The fourth-order valence-electron chi connectivity index (χ4n) is 1.82. The summed E-state index contributed by atoms with van der Waals surface area (Å²) < 4.78 is 0. The summed E-state index contributed by atoms with van der Waals surface area (Å²) in [6, 6.07) is 5.73. The second-order valence-electron chi connectivity index (χ2n) is 4.33. The van der Waals surface area contributed by atoms with Gasteiger partial charge in [-0.3, -0.25) is 4.99 Å². The normalized spacial score (nSPS) is 20.7. The van der Waals surface area contributed by atoms with Crippen molar-refractivity contribution >= 4 is 40.1 Å². The van der Waals surface area contributed by atoms with Crippen molar-refractivity contribution in [2.24, 2.45) is 4.99 Å². The molecule has 0 radical (unpaired) electrons. The zero-order chi connectivity index (χ0) is 13.1. The number of nitrogens with zero attached hydrogens (tertiary/aromatic N) is 1. The van der Waals surface area contributed by atoms with Gasteiger partial charge in [0.2, 0.25) is 0 Å². The molecule has 98 valence electrons. The summed E-state index contributed by atoms with van der Waals surface area (Å²) >= 11 is 13.9. The van der Waals surface area contributed by atoms with E-state index in [9.17, 15) is 0 Å². The van der Waals surface area contributed by atoms with Gasteiger partial charge in [-0.25, -0.2) is 0 Å². The molecule has 0 saturated heterocycles. The van der Waals surface area contributed by atoms with Crippen LogP contribution in [-0.4, -0.2) is 17.0 Å². The van der Waals surface area contributed by atoms with Crippen LogP contribution < -0.4 is 5.32 Å². The fraction of sp³-hybridized carbons (Fsp3) is 0.462. The SMILES string of the molecule is CCC1CN=C(NC(C)c2ccc(Cl)cc2Cl)S1. The molecular formula is C13H16Cl2N2S. The Hall–Kier alpha value is -0.380. The number of halogens is 2. The summed E-state index contributed by atoms with van der Waals surface area (Å²) in [4.78, 5) is 4.50. The van der Waals surface area contributed by atoms with E-state index in [0.29, 0.717) is 15.3 Å². The Morgan fingerprint density at radius 1 is 1.50 bits per heavy atom. The Labute approximate surface area is 122 Å². The minimum Gasteiger partial charge on any atom is -0.358 e. The zero-order valence-corrected chi connectivity index (χ0v) is 12.7. The summed E-state index contributed by atoms with van der Waals surface area (Å²) in [5.41, 5.74) is 1.05. The molecule has 0 aromatic heterocycles. The average molecular weight is 303 g/mol. The monoisotopic (exact) mass is 302 g/mol. The number of benzene rings is 1. The van der Waals surface area contributed by atoms with Crippen LogP contribution in [0.5, 0.6) is 0 Å². The lowest BCUT2D eigenvalue weighted by Gasteiger charge is -2.17. The molecule has 1 heterocycles. The summed E-state index contributed by atoms with van der Waals surface area (Å²) in [6.07, 6.45) is 1.15. The van der Waals surface area contributed by atoms with Crippen LogP contribution in [0.1, 0.15) is 31.9 Å². The van der Waals surface area contributed by atoms with E-state index in [1.165, 1.54) is 0 Å². The van der Waals surface area contributed by atoms with Crippen molar-refractivity contribution in [2.75, 3.05) is 6.54 Å². The Morgan fingerprint density at radius 3 is 2.89 bits per heavy atom. The van der Waals surface area contributed by atoms with Crippen LogP contribution in [0.4, 0.5) is 0 Å². The van der Waals surface area contributed by atoms with Crippen LogP contribution in [0.15, 0.2) is 23.2 Å². The van der Waals surface area contributed by atoms with E-state index >= 15 is 0 Å². The van der Waals surface area contributed by atoms with Gasteiger partial charge in [0.25, 0.3) is 0 Å². The van der Waals surface area contributed by atoms with E-state index in [2.05, 4.69) is 24.2 Å². The first-order valence-electron chi connectivity index (χ1n) is 6.02. The number of hydrogen-bond acceptors (Lipinski definition) is 3. The lowest BCUT2D eigenvalue weighted by atomic mass is 10.1. The number of thioether (sulfide) groups is 1. The quantitative estimate of drug-likeness (QED) is 0.887. The van der Waals surface area contributed by atoms with Crippen LogP contribution in [0, 0.1) is 0 Å². The molecule has 2 rings (SSSR count). The fourth-order valence-corrected chi connectivity index (χ4v) is 3.42. The molecule has 0 bridgehead atoms. The van der Waals surface area contributed by atoms with Gasteiger partial charge < -0.3 is 5.32 Å². The summed E-state index contributed by atoms with van der Waals surface area (Å²) in [7, 11) is 0. The van der Waals surface area contributed by atoms with Crippen LogP contribution >= 0.6 is 35.0 Å². The molecule has 2 nitrogen and oxygen atoms in total. The third-order valence-corrected chi connectivity index (χ3v) is 4.79. The van der Waals surface area contributed by atoms with Crippen LogP contribution in [-0.2, 0) is 0 Å². The summed E-state index contributed by atoms with van der Waals surface area (Å²) in [5, 5.41) is 6.39. The predicted octanol–water partition coefficient (Wildman–Crippen LogP) is 4.53. The van der Waals surface area contributed by atoms with Crippen molar-refractivity contribution < 1.29 is 0 Å². The maximum atomic E-state index is 6.19. The molecule has 0 amide bonds. The highest BCUT2D eigenvalue weighted by atomic mass is 35.5. The van der Waals surface area contributed by atoms with Crippen LogP contribution in [0.25, 0.3) is 0 Å². The average Bonchev–Trinajstić information content (AvgIpc) is 2.76. The van der Waals surface area contributed by atoms with Crippen molar-refractivity contribution in [2.45, 2.75) is 31.6 Å². The molecule has 5 heteroatoms. The van der Waals surface area contributed by atoms with Gasteiger partial charge in [0.15, 0.2) is 5.17 Å². The first-order chi connectivity index (χ1) is 8.60. The first kappa shape index (κ1) is 14.0. The van der Waals surface area contributed by atoms with Crippen molar-refractivity contribution in [3.8, 4) is 0 Å². The molecule has 0 aliphatic carbocycles. The number of aliphatic imine (C=N–C) groups is 1. The molecule has 2 unspecified atom stereocenters. The highest BCUT2D eigenvalue weighted by Crippen LogP contribution is 2.28. The topological polar surface area (TPSA) is 24.4 Å². The molecular weight excluding hydrogens is 287 g/mol. The number of rotatable bonds is 3. The van der Waals surface area contributed by atoms with Gasteiger partial charge in [0, 0.05) is 15.3 Å². The zero-order valence-electron chi connectivity index (χ0n) is 10.4. The minimum absolute atomic E-state index is 0.136. The Kier molecular flexibility index (Phi) is 4.82. The van der Waals surface area contributed by atoms with E-state index in [4.69, 9.17) is 23.2 Å². The predicted molar refractivity (Wildman–Crippen MR) is 82.0 cm³/mol. The van der Waals surface area contributed by atoms with E-state index in [1.54, 1.807) is 6.07 Å². The maximum Gasteiger partial charge on any atom is 0.157 e. The van der Waals surface area contributed by atoms with Gasteiger partial charge in [0.05, 0.1) is 12.6 Å². The third-order valence-electron chi connectivity index (χ3n) is 2.94. The Bertz CT molecular complexity index is 462.